The van der Waals surface area contributed by atoms with Crippen LogP contribution < -0.4 is 0 Å². The SMILES string of the molecule is CN(C)Cc1nc(-c2cccc(O)c2)c(-c2ccc(C(C)(C)C)cc2)o1. The topological polar surface area (TPSA) is 49.5 Å². The van der Waals surface area contributed by atoms with E-state index in [0.717, 1.165) is 22.6 Å². The van der Waals surface area contributed by atoms with E-state index in [4.69, 9.17) is 4.42 Å². The molecule has 0 aliphatic carbocycles. The maximum Gasteiger partial charge on any atom is 0.209 e. The van der Waals surface area contributed by atoms with Crippen LogP contribution in [-0.4, -0.2) is 29.1 Å². The van der Waals surface area contributed by atoms with Gasteiger partial charge in [0.15, 0.2) is 5.76 Å². The molecule has 26 heavy (non-hydrogen) atoms. The van der Waals surface area contributed by atoms with Crippen molar-refractivity contribution in [1.82, 2.24) is 9.88 Å². The van der Waals surface area contributed by atoms with Crippen molar-refractivity contribution in [3.8, 4) is 28.3 Å². The van der Waals surface area contributed by atoms with Gasteiger partial charge in [0.1, 0.15) is 11.4 Å². The first kappa shape index (κ1) is 18.2. The zero-order valence-corrected chi connectivity index (χ0v) is 16.1. The summed E-state index contributed by atoms with van der Waals surface area (Å²) in [5.74, 6) is 1.60. The van der Waals surface area contributed by atoms with Gasteiger partial charge in [-0.1, -0.05) is 57.2 Å². The molecule has 2 aromatic carbocycles. The Bertz CT molecular complexity index is 887. The third-order valence-corrected chi connectivity index (χ3v) is 4.26. The summed E-state index contributed by atoms with van der Waals surface area (Å²) < 4.78 is 6.10. The summed E-state index contributed by atoms with van der Waals surface area (Å²) in [5.41, 5.74) is 3.95. The van der Waals surface area contributed by atoms with Crippen molar-refractivity contribution in [3.05, 3.63) is 60.0 Å². The van der Waals surface area contributed by atoms with Crippen LogP contribution in [0.2, 0.25) is 0 Å². The molecular weight excluding hydrogens is 324 g/mol. The van der Waals surface area contributed by atoms with Gasteiger partial charge in [0.25, 0.3) is 0 Å². The van der Waals surface area contributed by atoms with Crippen LogP contribution in [0, 0.1) is 0 Å². The first-order valence-electron chi connectivity index (χ1n) is 8.79. The Labute approximate surface area is 155 Å². The van der Waals surface area contributed by atoms with Gasteiger partial charge in [-0.15, -0.1) is 0 Å². The van der Waals surface area contributed by atoms with Crippen LogP contribution in [0.15, 0.2) is 52.9 Å². The van der Waals surface area contributed by atoms with Crippen molar-refractivity contribution < 1.29 is 9.52 Å². The minimum Gasteiger partial charge on any atom is -0.508 e. The lowest BCUT2D eigenvalue weighted by atomic mass is 9.86. The summed E-state index contributed by atoms with van der Waals surface area (Å²) in [5, 5.41) is 9.85. The second-order valence-corrected chi connectivity index (χ2v) is 7.90. The lowest BCUT2D eigenvalue weighted by Gasteiger charge is -2.19. The molecule has 0 radical (unpaired) electrons. The Morgan fingerprint density at radius 3 is 2.27 bits per heavy atom. The molecule has 136 valence electrons. The molecule has 0 bridgehead atoms. The number of rotatable bonds is 4. The van der Waals surface area contributed by atoms with Gasteiger partial charge in [-0.25, -0.2) is 4.98 Å². The first-order valence-corrected chi connectivity index (χ1v) is 8.79. The van der Waals surface area contributed by atoms with E-state index in [2.05, 4.69) is 50.0 Å². The second-order valence-electron chi connectivity index (χ2n) is 7.90. The standard InChI is InChI=1S/C22H26N2O2/c1-22(2,3)17-11-9-15(10-12-17)21-20(16-7-6-8-18(25)13-16)23-19(26-21)14-24(4)5/h6-13,25H,14H2,1-5H3. The zero-order chi connectivity index (χ0) is 18.9. The predicted molar refractivity (Wildman–Crippen MR) is 105 cm³/mol. The molecule has 1 heterocycles. The van der Waals surface area contributed by atoms with E-state index in [9.17, 15) is 5.11 Å². The summed E-state index contributed by atoms with van der Waals surface area (Å²) >= 11 is 0. The van der Waals surface area contributed by atoms with Gasteiger partial charge in [-0.3, -0.25) is 0 Å². The summed E-state index contributed by atoms with van der Waals surface area (Å²) in [6.45, 7) is 7.21. The molecule has 0 amide bonds. The summed E-state index contributed by atoms with van der Waals surface area (Å²) in [6.07, 6.45) is 0. The van der Waals surface area contributed by atoms with E-state index < -0.39 is 0 Å². The Morgan fingerprint density at radius 2 is 1.69 bits per heavy atom. The molecule has 0 saturated carbocycles. The molecular formula is C22H26N2O2. The monoisotopic (exact) mass is 350 g/mol. The number of hydrogen-bond acceptors (Lipinski definition) is 4. The van der Waals surface area contributed by atoms with Crippen LogP contribution in [0.3, 0.4) is 0 Å². The smallest absolute Gasteiger partial charge is 0.209 e. The van der Waals surface area contributed by atoms with Gasteiger partial charge in [0.05, 0.1) is 6.54 Å². The van der Waals surface area contributed by atoms with Gasteiger partial charge in [0.2, 0.25) is 5.89 Å². The number of phenolic OH excluding ortho intramolecular Hbond substituents is 1. The van der Waals surface area contributed by atoms with E-state index in [1.54, 1.807) is 12.1 Å². The Balaban J connectivity index is 2.08. The van der Waals surface area contributed by atoms with Gasteiger partial charge < -0.3 is 14.4 Å². The highest BCUT2D eigenvalue weighted by Crippen LogP contribution is 2.35. The fourth-order valence-electron chi connectivity index (χ4n) is 2.87. The lowest BCUT2D eigenvalue weighted by Crippen LogP contribution is -2.10. The molecule has 1 aromatic heterocycles. The maximum atomic E-state index is 9.85. The van der Waals surface area contributed by atoms with Crippen LogP contribution in [-0.2, 0) is 12.0 Å². The number of hydrogen-bond donors (Lipinski definition) is 1. The molecule has 0 spiro atoms. The van der Waals surface area contributed by atoms with Crippen molar-refractivity contribution in [2.45, 2.75) is 32.7 Å². The van der Waals surface area contributed by atoms with Crippen LogP contribution >= 0.6 is 0 Å². The van der Waals surface area contributed by atoms with Crippen molar-refractivity contribution >= 4 is 0 Å². The molecule has 0 fully saturated rings. The number of aromatic hydroxyl groups is 1. The summed E-state index contributed by atoms with van der Waals surface area (Å²) in [6, 6.07) is 15.5. The number of aromatic nitrogens is 1. The molecule has 0 aliphatic heterocycles. The highest BCUT2D eigenvalue weighted by atomic mass is 16.4. The van der Waals surface area contributed by atoms with Crippen LogP contribution in [0.4, 0.5) is 0 Å². The molecule has 0 aliphatic rings. The van der Waals surface area contributed by atoms with E-state index in [-0.39, 0.29) is 11.2 Å². The summed E-state index contributed by atoms with van der Waals surface area (Å²) in [4.78, 5) is 6.71. The van der Waals surface area contributed by atoms with Crippen LogP contribution in [0.5, 0.6) is 5.75 Å². The van der Waals surface area contributed by atoms with E-state index in [1.165, 1.54) is 5.56 Å². The number of benzene rings is 2. The van der Waals surface area contributed by atoms with Gasteiger partial charge in [0, 0.05) is 11.1 Å². The van der Waals surface area contributed by atoms with Crippen molar-refractivity contribution in [3.63, 3.8) is 0 Å². The number of nitrogens with zero attached hydrogens (tertiary/aromatic N) is 2. The fourth-order valence-corrected chi connectivity index (χ4v) is 2.87. The Morgan fingerprint density at radius 1 is 1.00 bits per heavy atom. The number of oxazole rings is 1. The lowest BCUT2D eigenvalue weighted by molar-refractivity contribution is 0.344. The normalized spacial score (nSPS) is 11.9. The minimum absolute atomic E-state index is 0.101. The Kier molecular flexibility index (Phi) is 4.88. The van der Waals surface area contributed by atoms with E-state index in [1.807, 2.05) is 31.1 Å². The minimum atomic E-state index is 0.101. The van der Waals surface area contributed by atoms with Gasteiger partial charge >= 0.3 is 0 Å². The van der Waals surface area contributed by atoms with Crippen molar-refractivity contribution in [1.29, 1.82) is 0 Å². The highest BCUT2D eigenvalue weighted by molar-refractivity contribution is 5.77. The molecule has 0 atom stereocenters. The highest BCUT2D eigenvalue weighted by Gasteiger charge is 2.19. The van der Waals surface area contributed by atoms with Crippen LogP contribution in [0.25, 0.3) is 22.6 Å². The molecule has 3 aromatic rings. The van der Waals surface area contributed by atoms with Crippen molar-refractivity contribution in [2.75, 3.05) is 14.1 Å². The van der Waals surface area contributed by atoms with Crippen LogP contribution in [0.1, 0.15) is 32.2 Å². The Hall–Kier alpha value is -2.59. The zero-order valence-electron chi connectivity index (χ0n) is 16.1. The molecule has 4 nitrogen and oxygen atoms in total. The number of phenols is 1. The largest absolute Gasteiger partial charge is 0.508 e. The third-order valence-electron chi connectivity index (χ3n) is 4.26. The van der Waals surface area contributed by atoms with Gasteiger partial charge in [-0.2, -0.15) is 0 Å². The first-order chi connectivity index (χ1) is 12.2. The van der Waals surface area contributed by atoms with E-state index in [0.29, 0.717) is 12.4 Å². The predicted octanol–water partition coefficient (Wildman–Crippen LogP) is 5.07. The molecule has 3 rings (SSSR count). The van der Waals surface area contributed by atoms with E-state index >= 15 is 0 Å². The average molecular weight is 350 g/mol. The molecule has 1 N–H and O–H groups in total. The van der Waals surface area contributed by atoms with Crippen molar-refractivity contribution in [2.24, 2.45) is 0 Å². The molecule has 4 heteroatoms. The maximum absolute atomic E-state index is 9.85. The summed E-state index contributed by atoms with van der Waals surface area (Å²) in [7, 11) is 3.96. The third kappa shape index (κ3) is 3.97. The van der Waals surface area contributed by atoms with Gasteiger partial charge in [-0.05, 0) is 37.2 Å². The molecule has 0 saturated heterocycles. The average Bonchev–Trinajstić information content (AvgIpc) is 2.97. The fraction of sp³-hybridized carbons (Fsp3) is 0.318. The quantitative estimate of drug-likeness (QED) is 0.713. The molecule has 0 unspecified atom stereocenters. The second kappa shape index (κ2) is 6.96.